The number of hydrogen-bond acceptors (Lipinski definition) is 12. The second-order valence-corrected chi connectivity index (χ2v) is 32.4. The number of Topliss-reactive ketones (excluding diaryl/α,β-unsaturated/α-hetero) is 5. The quantitative estimate of drug-likeness (QED) is 0.0318. The first-order valence-electron chi connectivity index (χ1n) is 40.3. The maximum atomic E-state index is 13.9. The fraction of sp³-hybridized carbons (Fsp3) is 0.233. The van der Waals surface area contributed by atoms with Crippen LogP contribution in [0.25, 0.3) is 86.7 Å². The Bertz CT molecular complexity index is 6190. The number of rotatable bonds is 18. The number of anilines is 1. The predicted molar refractivity (Wildman–Crippen MR) is 482 cm³/mol. The van der Waals surface area contributed by atoms with Gasteiger partial charge >= 0.3 is 5.97 Å². The van der Waals surface area contributed by atoms with Gasteiger partial charge in [-0.05, 0) is 146 Å². The molecule has 1 aromatic heterocycles. The third kappa shape index (κ3) is 23.5. The van der Waals surface area contributed by atoms with Crippen LogP contribution in [-0.4, -0.2) is 67.1 Å². The van der Waals surface area contributed by atoms with Crippen LogP contribution < -0.4 is 5.73 Å². The molecule has 20 heteroatoms. The zero-order chi connectivity index (χ0) is 89.8. The average molecular weight is 1740 g/mol. The van der Waals surface area contributed by atoms with Crippen molar-refractivity contribution in [2.75, 3.05) is 5.73 Å². The zero-order valence-electron chi connectivity index (χ0n) is 70.5. The molecule has 1 heterocycles. The molecule has 0 amide bonds. The van der Waals surface area contributed by atoms with E-state index in [-0.39, 0.29) is 110 Å². The van der Waals surface area contributed by atoms with Crippen molar-refractivity contribution in [3.63, 3.8) is 0 Å². The Labute approximate surface area is 719 Å². The van der Waals surface area contributed by atoms with Crippen molar-refractivity contribution in [2.45, 2.75) is 125 Å². The Morgan fingerprint density at radius 2 is 0.740 bits per heavy atom. The van der Waals surface area contributed by atoms with Crippen LogP contribution in [-0.2, 0) is 14.3 Å². The van der Waals surface area contributed by atoms with Crippen molar-refractivity contribution >= 4 is 132 Å². The Morgan fingerprint density at radius 1 is 0.390 bits per heavy atom. The summed E-state index contributed by atoms with van der Waals surface area (Å²) in [5.41, 5.74) is 9.68. The molecule has 4 atom stereocenters. The number of oxazole rings is 1. The number of ether oxygens (including phenoxy) is 1. The summed E-state index contributed by atoms with van der Waals surface area (Å²) in [5, 5.41) is 28.2. The SMILES string of the molecule is CC(=O)OC(C(=O)c1ccc(F)c2ccccc12)C(C)C.CC(C)C(=O)C(O)c1ccc(F)c2ccccc12.CC(C)C(Br)C(=O)c1ccc(F)c2ccccc12.CC(C)C(O)C(=O)c1ccc(F)c2ccccc12.CC(C)CC(=O)c1ccc(F)c2ccccc12.CC(C)c1nc(N)oc1-c1ccc(F)c2ccccc12.Fc1cccc2ccccc12. The Kier molecular flexibility index (Phi) is 33.4. The van der Waals surface area contributed by atoms with Gasteiger partial charge < -0.3 is 25.1 Å². The lowest BCUT2D eigenvalue weighted by molar-refractivity contribution is -0.146. The second kappa shape index (κ2) is 43.4. The summed E-state index contributed by atoms with van der Waals surface area (Å²) in [7, 11) is 0. The molecule has 123 heavy (non-hydrogen) atoms. The molecule has 4 unspecified atom stereocenters. The van der Waals surface area contributed by atoms with E-state index in [0.29, 0.717) is 111 Å². The van der Waals surface area contributed by atoms with Crippen LogP contribution in [0.4, 0.5) is 36.7 Å². The number of hydrogen-bond donors (Lipinski definition) is 3. The molecule has 0 aliphatic carbocycles. The number of aromatic nitrogens is 1. The van der Waals surface area contributed by atoms with Crippen LogP contribution in [0, 0.1) is 70.3 Å². The molecule has 636 valence electrons. The molecule has 15 rings (SSSR count). The van der Waals surface area contributed by atoms with Crippen molar-refractivity contribution in [3.05, 3.63) is 335 Å². The highest BCUT2D eigenvalue weighted by Gasteiger charge is 2.30. The van der Waals surface area contributed by atoms with E-state index in [1.54, 1.807) is 187 Å². The molecule has 0 saturated carbocycles. The highest BCUT2D eigenvalue weighted by Crippen LogP contribution is 2.38. The summed E-state index contributed by atoms with van der Waals surface area (Å²) in [6.07, 6.45) is -2.62. The molecule has 4 N–H and O–H groups in total. The number of aliphatic hydroxyl groups is 2. The van der Waals surface area contributed by atoms with E-state index in [1.165, 1.54) is 67.6 Å². The number of nitrogens with zero attached hydrogens (tertiary/aromatic N) is 1. The topological polar surface area (TPSA) is 204 Å². The molecule has 0 fully saturated rings. The smallest absolute Gasteiger partial charge is 0.303 e. The number of alkyl halides is 1. The summed E-state index contributed by atoms with van der Waals surface area (Å²) in [5.74, 6) is -2.69. The molecule has 0 spiro atoms. The first-order chi connectivity index (χ1) is 58.5. The fourth-order valence-corrected chi connectivity index (χ4v) is 14.0. The number of ketones is 5. The van der Waals surface area contributed by atoms with Gasteiger partial charge in [-0.15, -0.1) is 0 Å². The van der Waals surface area contributed by atoms with E-state index < -0.39 is 24.3 Å². The molecular weight excluding hydrogens is 1640 g/mol. The molecule has 0 bridgehead atoms. The average Bonchev–Trinajstić information content (AvgIpc) is 1.73. The molecule has 0 saturated heterocycles. The van der Waals surface area contributed by atoms with Gasteiger partial charge in [-0.2, -0.15) is 4.98 Å². The van der Waals surface area contributed by atoms with Crippen LogP contribution in [0.2, 0.25) is 0 Å². The third-order valence-electron chi connectivity index (χ3n) is 20.2. The van der Waals surface area contributed by atoms with Gasteiger partial charge in [-0.25, -0.2) is 30.7 Å². The molecule has 0 radical (unpaired) electrons. The minimum Gasteiger partial charge on any atom is -0.454 e. The molecule has 12 nitrogen and oxygen atoms in total. The summed E-state index contributed by atoms with van der Waals surface area (Å²) >= 11 is 3.41. The first-order valence-corrected chi connectivity index (χ1v) is 41.2. The van der Waals surface area contributed by atoms with Crippen LogP contribution in [0.15, 0.2) is 265 Å². The normalized spacial score (nSPS) is 12.1. The lowest BCUT2D eigenvalue weighted by atomic mass is 9.93. The first kappa shape index (κ1) is 94.5. The van der Waals surface area contributed by atoms with Gasteiger partial charge in [-0.1, -0.05) is 287 Å². The largest absolute Gasteiger partial charge is 0.454 e. The maximum absolute atomic E-state index is 13.9. The van der Waals surface area contributed by atoms with Gasteiger partial charge in [-0.3, -0.25) is 28.8 Å². The number of aliphatic hydroxyl groups excluding tert-OH is 2. The van der Waals surface area contributed by atoms with Gasteiger partial charge in [0.25, 0.3) is 6.01 Å². The van der Waals surface area contributed by atoms with E-state index in [0.717, 1.165) is 22.0 Å². The molecule has 15 aromatic rings. The van der Waals surface area contributed by atoms with Crippen molar-refractivity contribution in [3.8, 4) is 11.3 Å². The van der Waals surface area contributed by atoms with Crippen LogP contribution in [0.3, 0.4) is 0 Å². The van der Waals surface area contributed by atoms with E-state index in [9.17, 15) is 69.7 Å². The number of fused-ring (bicyclic) bond motifs is 7. The van der Waals surface area contributed by atoms with Crippen molar-refractivity contribution in [2.24, 2.45) is 29.6 Å². The summed E-state index contributed by atoms with van der Waals surface area (Å²) in [4.78, 5) is 76.2. The van der Waals surface area contributed by atoms with Crippen molar-refractivity contribution in [1.29, 1.82) is 0 Å². The number of nitrogen functional groups attached to an aromatic ring is 1. The monoisotopic (exact) mass is 1730 g/mol. The summed E-state index contributed by atoms with van der Waals surface area (Å²) in [6.45, 7) is 23.9. The van der Waals surface area contributed by atoms with Gasteiger partial charge in [0.15, 0.2) is 35.0 Å². The third-order valence-corrected chi connectivity index (χ3v) is 21.6. The number of carbonyl (C=O) groups is 6. The van der Waals surface area contributed by atoms with E-state index in [2.05, 4.69) is 20.9 Å². The summed E-state index contributed by atoms with van der Waals surface area (Å²) in [6, 6.07) is 71.8. The van der Waals surface area contributed by atoms with Crippen LogP contribution in [0.1, 0.15) is 161 Å². The molecule has 14 aromatic carbocycles. The van der Waals surface area contributed by atoms with Crippen LogP contribution >= 0.6 is 15.9 Å². The summed E-state index contributed by atoms with van der Waals surface area (Å²) < 4.78 is 106. The van der Waals surface area contributed by atoms with Gasteiger partial charge in [0, 0.05) is 84.8 Å². The molecule has 0 aliphatic rings. The van der Waals surface area contributed by atoms with Crippen LogP contribution in [0.5, 0.6) is 0 Å². The van der Waals surface area contributed by atoms with E-state index in [1.807, 2.05) is 96.1 Å². The standard InChI is InChI=1S/C17H17FO3.C16H15FN2O.C15H14BrFO.2C15H15FO2.C15H15FO.C10H7F/c1-10(2)17(21-11(3)19)16(20)14-8-9-15(18)13-7-5-4-6-12(13)14;1-9(2)14-15(20-16(18)19-14)12-7-8-13(17)11-6-4-3-5-10(11)12;1-9(2)14(16)15(18)12-7-8-13(17)11-6-4-3-5-10(11)12;2*1-9(2)14(17)15(18)12-7-8-13(16)11-6-4-3-5-10(11)12;1-10(2)9-15(17)13-7-8-14(16)12-6-4-3-5-11(12)13;11-10-7-3-5-8-4-1-2-6-9(8)10/h4-10,17H,1-3H3;3-9H,1-2H3,(H2,18,19);3-9,14H,1-2H3;3-9,15,18H,1-2H3;3-9,14,17H,1-2H3;3-8,10H,9H2,1-2H3;1-7H. The molecule has 0 aliphatic heterocycles. The van der Waals surface area contributed by atoms with Gasteiger partial charge in [0.2, 0.25) is 5.78 Å². The molecular formula is C103H98BrF7N2O10. The van der Waals surface area contributed by atoms with Crippen molar-refractivity contribution in [1.82, 2.24) is 4.98 Å². The number of carbonyl (C=O) groups excluding carboxylic acids is 6. The number of nitrogens with two attached hydrogens (primary N) is 1. The lowest BCUT2D eigenvalue weighted by Crippen LogP contribution is -2.31. The predicted octanol–water partition coefficient (Wildman–Crippen LogP) is 26.3. The Morgan fingerprint density at radius 3 is 1.15 bits per heavy atom. The number of esters is 1. The van der Waals surface area contributed by atoms with Gasteiger partial charge in [0.05, 0.1) is 10.5 Å². The zero-order valence-corrected chi connectivity index (χ0v) is 72.1. The highest BCUT2D eigenvalue weighted by atomic mass is 79.9. The lowest BCUT2D eigenvalue weighted by Gasteiger charge is -2.20. The van der Waals surface area contributed by atoms with E-state index >= 15 is 0 Å². The Balaban J connectivity index is 0.000000164. The maximum Gasteiger partial charge on any atom is 0.303 e. The fourth-order valence-electron chi connectivity index (χ4n) is 13.7. The minimum atomic E-state index is -1.20. The highest BCUT2D eigenvalue weighted by molar-refractivity contribution is 9.10. The van der Waals surface area contributed by atoms with Crippen molar-refractivity contribution < 1.29 is 78.9 Å². The van der Waals surface area contributed by atoms with E-state index in [4.69, 9.17) is 14.9 Å². The minimum absolute atomic E-state index is 0.00111. The Hall–Kier alpha value is -12.4. The number of halogens is 8. The second-order valence-electron chi connectivity index (χ2n) is 31.4. The van der Waals surface area contributed by atoms with Gasteiger partial charge in [0.1, 0.15) is 52.9 Å². The number of benzene rings is 14.